The van der Waals surface area contributed by atoms with Gasteiger partial charge in [0.25, 0.3) is 0 Å². The van der Waals surface area contributed by atoms with Crippen molar-refractivity contribution in [2.75, 3.05) is 11.9 Å². The number of benzene rings is 1. The van der Waals surface area contributed by atoms with Crippen molar-refractivity contribution >= 4 is 58.2 Å². The fraction of sp³-hybridized carbons (Fsp3) is 0.476. The Bertz CT molecular complexity index is 940. The molecule has 0 spiro atoms. The number of amides is 2. The number of halogens is 1. The van der Waals surface area contributed by atoms with Crippen molar-refractivity contribution in [3.63, 3.8) is 0 Å². The Balaban J connectivity index is 2.37. The molecule has 1 heterocycles. The van der Waals surface area contributed by atoms with Crippen LogP contribution in [0.1, 0.15) is 27.7 Å². The molecule has 2 N–H and O–H groups in total. The fourth-order valence-corrected chi connectivity index (χ4v) is 3.72. The van der Waals surface area contributed by atoms with Gasteiger partial charge in [0.05, 0.1) is 5.69 Å². The Morgan fingerprint density at radius 1 is 0.853 bits per heavy atom. The van der Waals surface area contributed by atoms with Gasteiger partial charge >= 0.3 is 29.9 Å². The van der Waals surface area contributed by atoms with Gasteiger partial charge in [0.2, 0.25) is 0 Å². The van der Waals surface area contributed by atoms with Crippen LogP contribution in [-0.4, -0.2) is 67.2 Å². The number of hydrogen-bond donors (Lipinski definition) is 2. The standard InChI is InChI=1S/C21H25IN2O10/c1-10(25)30-9-16-17(31-11(2)26)18(32-12(3)27)19(33-13(4)28)20(34-16)24-21(29)23-15-8-6-5-7-14(15)22/h5-8,16-20H,9H2,1-4H3,(H2,23,24,29)/t16-,17-,18-,19+,20+/m0/s1. The molecule has 0 bridgehead atoms. The molecule has 13 heteroatoms. The number of carbonyl (C=O) groups is 5. The van der Waals surface area contributed by atoms with Crippen LogP contribution in [0.15, 0.2) is 24.3 Å². The van der Waals surface area contributed by atoms with E-state index in [9.17, 15) is 24.0 Å². The molecule has 12 nitrogen and oxygen atoms in total. The van der Waals surface area contributed by atoms with E-state index in [2.05, 4.69) is 10.6 Å². The first kappa shape index (κ1) is 27.3. The third kappa shape index (κ3) is 8.13. The molecule has 0 saturated carbocycles. The number of urea groups is 1. The summed E-state index contributed by atoms with van der Waals surface area (Å²) < 4.78 is 27.5. The van der Waals surface area contributed by atoms with Gasteiger partial charge in [0.15, 0.2) is 24.5 Å². The number of rotatable bonds is 7. The van der Waals surface area contributed by atoms with Crippen LogP contribution in [0.2, 0.25) is 0 Å². The monoisotopic (exact) mass is 592 g/mol. The molecule has 1 aliphatic rings. The van der Waals surface area contributed by atoms with Crippen molar-refractivity contribution in [3.8, 4) is 0 Å². The second kappa shape index (κ2) is 12.5. The summed E-state index contributed by atoms with van der Waals surface area (Å²) in [7, 11) is 0. The zero-order valence-electron chi connectivity index (χ0n) is 18.9. The van der Waals surface area contributed by atoms with Gasteiger partial charge in [0.1, 0.15) is 12.7 Å². The van der Waals surface area contributed by atoms with Gasteiger partial charge in [0, 0.05) is 31.3 Å². The van der Waals surface area contributed by atoms with Crippen molar-refractivity contribution in [1.82, 2.24) is 5.32 Å². The lowest BCUT2D eigenvalue weighted by Gasteiger charge is -2.44. The SMILES string of the molecule is CC(=O)OC[C@@H]1O[C@@H](NC(=O)Nc2ccccc2I)[C@H](OC(C)=O)[C@@H](OC(C)=O)[C@H]1OC(C)=O. The topological polar surface area (TPSA) is 156 Å². The third-order valence-electron chi connectivity index (χ3n) is 4.39. The van der Waals surface area contributed by atoms with Crippen LogP contribution in [0.4, 0.5) is 10.5 Å². The van der Waals surface area contributed by atoms with Crippen LogP contribution in [0.5, 0.6) is 0 Å². The van der Waals surface area contributed by atoms with E-state index in [4.69, 9.17) is 23.7 Å². The molecule has 186 valence electrons. The highest BCUT2D eigenvalue weighted by Gasteiger charge is 2.52. The van der Waals surface area contributed by atoms with Crippen molar-refractivity contribution in [2.45, 2.75) is 58.3 Å². The molecular weight excluding hydrogens is 567 g/mol. The summed E-state index contributed by atoms with van der Waals surface area (Å²) >= 11 is 2.04. The third-order valence-corrected chi connectivity index (χ3v) is 5.33. The minimum Gasteiger partial charge on any atom is -0.463 e. The van der Waals surface area contributed by atoms with Crippen molar-refractivity contribution in [1.29, 1.82) is 0 Å². The highest BCUT2D eigenvalue weighted by Crippen LogP contribution is 2.28. The van der Waals surface area contributed by atoms with Crippen LogP contribution in [0.25, 0.3) is 0 Å². The van der Waals surface area contributed by atoms with Gasteiger partial charge in [-0.05, 0) is 34.7 Å². The fourth-order valence-electron chi connectivity index (χ4n) is 3.19. The zero-order chi connectivity index (χ0) is 25.4. The average molecular weight is 592 g/mol. The number of anilines is 1. The Morgan fingerprint density at radius 2 is 1.41 bits per heavy atom. The summed E-state index contributed by atoms with van der Waals surface area (Å²) in [5.74, 6) is -2.93. The number of nitrogens with one attached hydrogen (secondary N) is 2. The largest absolute Gasteiger partial charge is 0.463 e. The number of hydrogen-bond acceptors (Lipinski definition) is 10. The van der Waals surface area contributed by atoms with Crippen molar-refractivity contribution in [3.05, 3.63) is 27.8 Å². The summed E-state index contributed by atoms with van der Waals surface area (Å²) in [5.41, 5.74) is 0.506. The second-order valence-corrected chi connectivity index (χ2v) is 8.36. The lowest BCUT2D eigenvalue weighted by Crippen LogP contribution is -2.66. The van der Waals surface area contributed by atoms with Gasteiger partial charge in [-0.25, -0.2) is 4.79 Å². The number of carbonyl (C=O) groups excluding carboxylic acids is 5. The van der Waals surface area contributed by atoms with Crippen LogP contribution in [-0.2, 0) is 42.9 Å². The number of para-hydroxylation sites is 1. The van der Waals surface area contributed by atoms with Gasteiger partial charge in [-0.2, -0.15) is 0 Å². The average Bonchev–Trinajstić information content (AvgIpc) is 2.71. The van der Waals surface area contributed by atoms with Gasteiger partial charge in [-0.3, -0.25) is 19.2 Å². The van der Waals surface area contributed by atoms with Crippen LogP contribution in [0.3, 0.4) is 0 Å². The Labute approximate surface area is 209 Å². The maximum Gasteiger partial charge on any atom is 0.321 e. The normalized spacial score (nSPS) is 23.7. The molecule has 34 heavy (non-hydrogen) atoms. The quantitative estimate of drug-likeness (QED) is 0.270. The van der Waals surface area contributed by atoms with Gasteiger partial charge < -0.3 is 34.3 Å². The summed E-state index contributed by atoms with van der Waals surface area (Å²) in [6.45, 7) is 4.11. The summed E-state index contributed by atoms with van der Waals surface area (Å²) in [6, 6.07) is 6.26. The number of ether oxygens (including phenoxy) is 5. The minimum atomic E-state index is -1.39. The van der Waals surface area contributed by atoms with E-state index in [1.165, 1.54) is 6.92 Å². The molecular formula is C21H25IN2O10. The van der Waals surface area contributed by atoms with Gasteiger partial charge in [-0.1, -0.05) is 12.1 Å². The predicted molar refractivity (Wildman–Crippen MR) is 123 cm³/mol. The molecule has 5 atom stereocenters. The predicted octanol–water partition coefficient (Wildman–Crippen LogP) is 1.50. The second-order valence-electron chi connectivity index (χ2n) is 7.20. The zero-order valence-corrected chi connectivity index (χ0v) is 21.0. The lowest BCUT2D eigenvalue weighted by molar-refractivity contribution is -0.255. The molecule has 1 aromatic rings. The molecule has 0 radical (unpaired) electrons. The summed E-state index contributed by atoms with van der Waals surface area (Å²) in [5, 5.41) is 5.16. The van der Waals surface area contributed by atoms with E-state index >= 15 is 0 Å². The first-order valence-corrected chi connectivity index (χ1v) is 11.2. The van der Waals surface area contributed by atoms with Crippen LogP contribution in [0, 0.1) is 3.57 Å². The first-order valence-electron chi connectivity index (χ1n) is 10.1. The maximum atomic E-state index is 12.7. The van der Waals surface area contributed by atoms with Crippen LogP contribution < -0.4 is 10.6 Å². The van der Waals surface area contributed by atoms with Crippen molar-refractivity contribution < 1.29 is 47.7 Å². The molecule has 2 rings (SSSR count). The highest BCUT2D eigenvalue weighted by atomic mass is 127. The molecule has 0 aromatic heterocycles. The van der Waals surface area contributed by atoms with E-state index in [0.29, 0.717) is 5.69 Å². The molecule has 0 aliphatic carbocycles. The Hall–Kier alpha value is -2.94. The number of esters is 4. The molecule has 1 saturated heterocycles. The highest BCUT2D eigenvalue weighted by molar-refractivity contribution is 14.1. The van der Waals surface area contributed by atoms with Crippen LogP contribution >= 0.6 is 22.6 Å². The molecule has 1 aliphatic heterocycles. The Morgan fingerprint density at radius 3 is 1.97 bits per heavy atom. The first-order chi connectivity index (χ1) is 16.0. The van der Waals surface area contributed by atoms with E-state index < -0.39 is 67.2 Å². The smallest absolute Gasteiger partial charge is 0.321 e. The Kier molecular flexibility index (Phi) is 10.0. The maximum absolute atomic E-state index is 12.7. The molecule has 2 amide bonds. The van der Waals surface area contributed by atoms with E-state index in [1.54, 1.807) is 24.3 Å². The summed E-state index contributed by atoms with van der Waals surface area (Å²) in [4.78, 5) is 59.4. The van der Waals surface area contributed by atoms with Gasteiger partial charge in [-0.15, -0.1) is 0 Å². The molecule has 1 aromatic carbocycles. The lowest BCUT2D eigenvalue weighted by atomic mass is 9.97. The van der Waals surface area contributed by atoms with E-state index in [0.717, 1.165) is 24.3 Å². The van der Waals surface area contributed by atoms with E-state index in [1.807, 2.05) is 22.6 Å². The van der Waals surface area contributed by atoms with Crippen molar-refractivity contribution in [2.24, 2.45) is 0 Å². The molecule has 1 fully saturated rings. The minimum absolute atomic E-state index is 0.395. The summed E-state index contributed by atoms with van der Waals surface area (Å²) in [6.07, 6.45) is -6.59. The van der Waals surface area contributed by atoms with E-state index in [-0.39, 0.29) is 0 Å². The molecule has 0 unspecified atom stereocenters.